The van der Waals surface area contributed by atoms with Crippen LogP contribution in [0.5, 0.6) is 11.5 Å². The molecule has 0 unspecified atom stereocenters. The summed E-state index contributed by atoms with van der Waals surface area (Å²) >= 11 is 5.62. The van der Waals surface area contributed by atoms with Gasteiger partial charge in [0.15, 0.2) is 16.7 Å². The lowest BCUT2D eigenvalue weighted by molar-refractivity contribution is 0.229. The number of thioether (sulfide) groups is 1. The molecule has 4 rings (SSSR count). The number of halogens is 1. The SMILES string of the molecule is COc1cc([C@@H]2[C@@H](c3ccccn3)N=C3S[C@@H](C)CN32)c(Br)cc1OC(C)C. The number of aliphatic imine (C=N–C) groups is 1. The van der Waals surface area contributed by atoms with Crippen molar-refractivity contribution in [1.82, 2.24) is 9.88 Å². The van der Waals surface area contributed by atoms with Crippen molar-refractivity contribution in [3.8, 4) is 11.5 Å². The largest absolute Gasteiger partial charge is 0.493 e. The van der Waals surface area contributed by atoms with Crippen LogP contribution < -0.4 is 9.47 Å². The van der Waals surface area contributed by atoms with Crippen LogP contribution in [0.1, 0.15) is 44.1 Å². The number of rotatable bonds is 5. The highest BCUT2D eigenvalue weighted by Gasteiger charge is 2.44. The third-order valence-electron chi connectivity index (χ3n) is 4.85. The van der Waals surface area contributed by atoms with Gasteiger partial charge in [0.05, 0.1) is 24.9 Å². The summed E-state index contributed by atoms with van der Waals surface area (Å²) in [5.41, 5.74) is 2.12. The van der Waals surface area contributed by atoms with Gasteiger partial charge in [-0.1, -0.05) is 40.7 Å². The molecular weight excluding hydrogens is 438 g/mol. The number of methoxy groups -OCH3 is 1. The second-order valence-electron chi connectivity index (χ2n) is 7.33. The summed E-state index contributed by atoms with van der Waals surface area (Å²) in [6.45, 7) is 7.24. The van der Waals surface area contributed by atoms with Crippen molar-refractivity contribution in [1.29, 1.82) is 0 Å². The number of ether oxygens (including phenoxy) is 2. The molecule has 7 heteroatoms. The molecule has 0 radical (unpaired) electrons. The molecular formula is C21H24BrN3O2S. The van der Waals surface area contributed by atoms with Crippen LogP contribution in [0.25, 0.3) is 0 Å². The van der Waals surface area contributed by atoms with Crippen LogP contribution in [0, 0.1) is 0 Å². The Hall–Kier alpha value is -1.73. The lowest BCUT2D eigenvalue weighted by Crippen LogP contribution is -2.29. The van der Waals surface area contributed by atoms with Crippen LogP contribution in [0.2, 0.25) is 0 Å². The Morgan fingerprint density at radius 3 is 2.75 bits per heavy atom. The molecule has 0 N–H and O–H groups in total. The van der Waals surface area contributed by atoms with Crippen LogP contribution in [0.4, 0.5) is 0 Å². The summed E-state index contributed by atoms with van der Waals surface area (Å²) in [4.78, 5) is 12.0. The molecule has 0 amide bonds. The minimum absolute atomic E-state index is 0.0472. The molecule has 2 aromatic rings. The first kappa shape index (κ1) is 19.6. The minimum atomic E-state index is -0.0472. The maximum atomic E-state index is 5.94. The van der Waals surface area contributed by atoms with E-state index in [-0.39, 0.29) is 18.2 Å². The summed E-state index contributed by atoms with van der Waals surface area (Å²) in [5.74, 6) is 1.48. The molecule has 2 aliphatic rings. The highest BCUT2D eigenvalue weighted by molar-refractivity contribution is 9.10. The van der Waals surface area contributed by atoms with Crippen LogP contribution in [-0.4, -0.2) is 40.1 Å². The second kappa shape index (κ2) is 7.95. The number of pyridine rings is 1. The molecule has 0 bridgehead atoms. The van der Waals surface area contributed by atoms with E-state index in [1.165, 1.54) is 0 Å². The zero-order valence-electron chi connectivity index (χ0n) is 16.4. The van der Waals surface area contributed by atoms with Crippen molar-refractivity contribution in [2.24, 2.45) is 4.99 Å². The standard InChI is InChI=1S/C21H24BrN3O2S/c1-12(2)27-18-10-15(22)14(9-17(18)26-4)20-19(16-7-5-6-8-23-16)24-21-25(20)11-13(3)28-21/h5-10,12-13,19-20H,11H2,1-4H3/t13-,19+,20+/m0/s1. The fourth-order valence-corrected chi connectivity index (χ4v) is 5.39. The summed E-state index contributed by atoms with van der Waals surface area (Å²) in [5, 5.41) is 1.62. The molecule has 1 aromatic heterocycles. The zero-order valence-corrected chi connectivity index (χ0v) is 18.8. The lowest BCUT2D eigenvalue weighted by Gasteiger charge is -2.29. The molecule has 2 aliphatic heterocycles. The average molecular weight is 462 g/mol. The normalized spacial score (nSPS) is 23.7. The summed E-state index contributed by atoms with van der Waals surface area (Å²) in [7, 11) is 1.68. The van der Waals surface area contributed by atoms with E-state index in [1.807, 2.05) is 50.0 Å². The Morgan fingerprint density at radius 2 is 2.07 bits per heavy atom. The first-order chi connectivity index (χ1) is 13.5. The second-order valence-corrected chi connectivity index (χ2v) is 9.59. The van der Waals surface area contributed by atoms with E-state index in [2.05, 4.69) is 44.9 Å². The Balaban J connectivity index is 1.79. The van der Waals surface area contributed by atoms with Gasteiger partial charge in [-0.25, -0.2) is 0 Å². The Labute approximate surface area is 178 Å². The first-order valence-electron chi connectivity index (χ1n) is 9.44. The van der Waals surface area contributed by atoms with Crippen molar-refractivity contribution >= 4 is 32.9 Å². The number of benzene rings is 1. The average Bonchev–Trinajstić information content (AvgIpc) is 3.18. The number of hydrogen-bond donors (Lipinski definition) is 0. The molecule has 28 heavy (non-hydrogen) atoms. The molecule has 0 spiro atoms. The summed E-state index contributed by atoms with van der Waals surface area (Å²) in [6, 6.07) is 10.1. The van der Waals surface area contributed by atoms with Crippen molar-refractivity contribution < 1.29 is 9.47 Å². The van der Waals surface area contributed by atoms with Crippen molar-refractivity contribution in [2.45, 2.75) is 44.2 Å². The molecule has 1 saturated heterocycles. The Kier molecular flexibility index (Phi) is 5.56. The van der Waals surface area contributed by atoms with Gasteiger partial charge in [-0.3, -0.25) is 9.98 Å². The van der Waals surface area contributed by atoms with E-state index >= 15 is 0 Å². The molecule has 3 heterocycles. The molecule has 5 nitrogen and oxygen atoms in total. The number of aromatic nitrogens is 1. The number of fused-ring (bicyclic) bond motifs is 1. The zero-order chi connectivity index (χ0) is 19.8. The van der Waals surface area contributed by atoms with Crippen molar-refractivity contribution in [3.05, 3.63) is 52.3 Å². The van der Waals surface area contributed by atoms with Gasteiger partial charge >= 0.3 is 0 Å². The molecule has 1 fully saturated rings. The summed E-state index contributed by atoms with van der Waals surface area (Å²) in [6.07, 6.45) is 1.91. The van der Waals surface area contributed by atoms with Gasteiger partial charge < -0.3 is 14.4 Å². The van der Waals surface area contributed by atoms with Gasteiger partial charge in [0.25, 0.3) is 0 Å². The van der Waals surface area contributed by atoms with Gasteiger partial charge in [-0.15, -0.1) is 0 Å². The fraction of sp³-hybridized carbons (Fsp3) is 0.429. The van der Waals surface area contributed by atoms with E-state index in [9.17, 15) is 0 Å². The fourth-order valence-electron chi connectivity index (χ4n) is 3.74. The van der Waals surface area contributed by atoms with Crippen molar-refractivity contribution in [3.63, 3.8) is 0 Å². The lowest BCUT2D eigenvalue weighted by atomic mass is 9.96. The quantitative estimate of drug-likeness (QED) is 0.609. The van der Waals surface area contributed by atoms with E-state index in [1.54, 1.807) is 7.11 Å². The maximum absolute atomic E-state index is 5.94. The van der Waals surface area contributed by atoms with Gasteiger partial charge in [0, 0.05) is 22.5 Å². The molecule has 1 aromatic carbocycles. The molecule has 0 saturated carbocycles. The van der Waals surface area contributed by atoms with Gasteiger partial charge in [-0.05, 0) is 43.7 Å². The third kappa shape index (κ3) is 3.62. The number of amidine groups is 1. The van der Waals surface area contributed by atoms with Gasteiger partial charge in [0.1, 0.15) is 6.04 Å². The number of hydrogen-bond acceptors (Lipinski definition) is 6. The summed E-state index contributed by atoms with van der Waals surface area (Å²) < 4.78 is 12.6. The Morgan fingerprint density at radius 1 is 1.25 bits per heavy atom. The minimum Gasteiger partial charge on any atom is -0.493 e. The highest BCUT2D eigenvalue weighted by atomic mass is 79.9. The van der Waals surface area contributed by atoms with Crippen LogP contribution in [0.15, 0.2) is 46.0 Å². The van der Waals surface area contributed by atoms with Gasteiger partial charge in [-0.2, -0.15) is 0 Å². The monoisotopic (exact) mass is 461 g/mol. The maximum Gasteiger partial charge on any atom is 0.162 e. The van der Waals surface area contributed by atoms with Crippen LogP contribution in [0.3, 0.4) is 0 Å². The van der Waals surface area contributed by atoms with E-state index in [0.29, 0.717) is 5.25 Å². The number of nitrogens with zero attached hydrogens (tertiary/aromatic N) is 3. The van der Waals surface area contributed by atoms with E-state index in [4.69, 9.17) is 14.5 Å². The topological polar surface area (TPSA) is 47.0 Å². The van der Waals surface area contributed by atoms with E-state index < -0.39 is 0 Å². The third-order valence-corrected chi connectivity index (χ3v) is 6.63. The predicted octanol–water partition coefficient (Wildman–Crippen LogP) is 5.23. The van der Waals surface area contributed by atoms with E-state index in [0.717, 1.165) is 38.9 Å². The van der Waals surface area contributed by atoms with Crippen molar-refractivity contribution in [2.75, 3.05) is 13.7 Å². The van der Waals surface area contributed by atoms with Gasteiger partial charge in [0.2, 0.25) is 0 Å². The smallest absolute Gasteiger partial charge is 0.162 e. The predicted molar refractivity (Wildman–Crippen MR) is 117 cm³/mol. The molecule has 148 valence electrons. The van der Waals surface area contributed by atoms with Crippen LogP contribution >= 0.6 is 27.7 Å². The highest BCUT2D eigenvalue weighted by Crippen LogP contribution is 2.50. The Bertz CT molecular complexity index is 891. The molecule has 0 aliphatic carbocycles. The molecule has 3 atom stereocenters. The van der Waals surface area contributed by atoms with Crippen LogP contribution in [-0.2, 0) is 0 Å². The first-order valence-corrected chi connectivity index (χ1v) is 11.1.